The molecule has 1 saturated heterocycles. The SMILES string of the molecule is Cc1ccc(S(=O)(=O)N2CCC2c2cccnc2)cc1. The van der Waals surface area contributed by atoms with Gasteiger partial charge in [0.05, 0.1) is 10.9 Å². The van der Waals surface area contributed by atoms with Crippen LogP contribution in [0.25, 0.3) is 0 Å². The molecule has 0 N–H and O–H groups in total. The molecule has 3 rings (SSSR count). The summed E-state index contributed by atoms with van der Waals surface area (Å²) in [5.41, 5.74) is 2.01. The smallest absolute Gasteiger partial charge is 0.243 e. The van der Waals surface area contributed by atoms with Gasteiger partial charge in [0.1, 0.15) is 0 Å². The normalized spacial score (nSPS) is 19.6. The van der Waals surface area contributed by atoms with E-state index in [0.29, 0.717) is 11.4 Å². The lowest BCUT2D eigenvalue weighted by molar-refractivity contribution is 0.202. The monoisotopic (exact) mass is 288 g/mol. The van der Waals surface area contributed by atoms with Crippen LogP contribution in [-0.4, -0.2) is 24.3 Å². The highest BCUT2D eigenvalue weighted by Crippen LogP contribution is 2.37. The van der Waals surface area contributed by atoms with Gasteiger partial charge >= 0.3 is 0 Å². The third-order valence-corrected chi connectivity index (χ3v) is 5.59. The van der Waals surface area contributed by atoms with Crippen molar-refractivity contribution in [3.8, 4) is 0 Å². The molecule has 1 aliphatic heterocycles. The molecule has 1 atom stereocenters. The van der Waals surface area contributed by atoms with Gasteiger partial charge in [-0.05, 0) is 37.1 Å². The van der Waals surface area contributed by atoms with Crippen LogP contribution >= 0.6 is 0 Å². The number of rotatable bonds is 3. The second-order valence-corrected chi connectivity index (χ2v) is 6.91. The predicted octanol–water partition coefficient (Wildman–Crippen LogP) is 2.53. The van der Waals surface area contributed by atoms with E-state index in [9.17, 15) is 8.42 Å². The molecule has 5 heteroatoms. The maximum Gasteiger partial charge on any atom is 0.243 e. The molecule has 1 aromatic heterocycles. The van der Waals surface area contributed by atoms with E-state index in [0.717, 1.165) is 17.5 Å². The zero-order valence-corrected chi connectivity index (χ0v) is 12.0. The second-order valence-electron chi connectivity index (χ2n) is 5.02. The van der Waals surface area contributed by atoms with Crippen molar-refractivity contribution in [2.75, 3.05) is 6.54 Å². The third-order valence-electron chi connectivity index (χ3n) is 3.67. The number of hydrogen-bond acceptors (Lipinski definition) is 3. The average molecular weight is 288 g/mol. The van der Waals surface area contributed by atoms with Crippen LogP contribution < -0.4 is 0 Å². The Hall–Kier alpha value is -1.72. The number of hydrogen-bond donors (Lipinski definition) is 0. The van der Waals surface area contributed by atoms with Crippen LogP contribution in [-0.2, 0) is 10.0 Å². The Kier molecular flexibility index (Phi) is 3.31. The first-order valence-corrected chi connectivity index (χ1v) is 8.01. The van der Waals surface area contributed by atoms with Crippen LogP contribution in [0, 0.1) is 6.92 Å². The van der Waals surface area contributed by atoms with Crippen molar-refractivity contribution in [1.82, 2.24) is 9.29 Å². The van der Waals surface area contributed by atoms with E-state index in [4.69, 9.17) is 0 Å². The van der Waals surface area contributed by atoms with Gasteiger partial charge < -0.3 is 0 Å². The van der Waals surface area contributed by atoms with E-state index >= 15 is 0 Å². The van der Waals surface area contributed by atoms with E-state index in [1.54, 1.807) is 28.8 Å². The van der Waals surface area contributed by atoms with E-state index in [1.807, 2.05) is 31.2 Å². The first-order chi connectivity index (χ1) is 9.59. The molecule has 0 radical (unpaired) electrons. The Balaban J connectivity index is 1.91. The van der Waals surface area contributed by atoms with Crippen LogP contribution in [0.2, 0.25) is 0 Å². The molecule has 1 unspecified atom stereocenters. The summed E-state index contributed by atoms with van der Waals surface area (Å²) in [6.07, 6.45) is 4.28. The molecule has 2 heterocycles. The van der Waals surface area contributed by atoms with Crippen molar-refractivity contribution < 1.29 is 8.42 Å². The van der Waals surface area contributed by atoms with Gasteiger partial charge in [0, 0.05) is 18.9 Å². The van der Waals surface area contributed by atoms with Crippen molar-refractivity contribution in [2.45, 2.75) is 24.3 Å². The van der Waals surface area contributed by atoms with Gasteiger partial charge in [-0.15, -0.1) is 0 Å². The van der Waals surface area contributed by atoms with Crippen LogP contribution in [0.4, 0.5) is 0 Å². The van der Waals surface area contributed by atoms with E-state index < -0.39 is 10.0 Å². The number of benzene rings is 1. The summed E-state index contributed by atoms with van der Waals surface area (Å²) in [5.74, 6) is 0. The van der Waals surface area contributed by atoms with Gasteiger partial charge in [0.25, 0.3) is 0 Å². The highest BCUT2D eigenvalue weighted by Gasteiger charge is 2.39. The first kappa shape index (κ1) is 13.3. The zero-order chi connectivity index (χ0) is 14.2. The quantitative estimate of drug-likeness (QED) is 0.872. The highest BCUT2D eigenvalue weighted by atomic mass is 32.2. The summed E-state index contributed by atoms with van der Waals surface area (Å²) in [7, 11) is -3.41. The van der Waals surface area contributed by atoms with Crippen molar-refractivity contribution in [3.05, 3.63) is 59.9 Å². The maximum atomic E-state index is 12.6. The molecule has 1 fully saturated rings. The van der Waals surface area contributed by atoms with Gasteiger partial charge in [0.15, 0.2) is 0 Å². The Labute approximate surface area is 119 Å². The van der Waals surface area contributed by atoms with E-state index in [2.05, 4.69) is 4.98 Å². The Bertz CT molecular complexity index is 696. The zero-order valence-electron chi connectivity index (χ0n) is 11.2. The van der Waals surface area contributed by atoms with Crippen LogP contribution in [0.1, 0.15) is 23.6 Å². The van der Waals surface area contributed by atoms with Crippen molar-refractivity contribution in [2.24, 2.45) is 0 Å². The number of sulfonamides is 1. The van der Waals surface area contributed by atoms with Gasteiger partial charge in [0.2, 0.25) is 10.0 Å². The van der Waals surface area contributed by atoms with Crippen molar-refractivity contribution in [1.29, 1.82) is 0 Å². The second kappa shape index (κ2) is 5.00. The molecular formula is C15H16N2O2S. The lowest BCUT2D eigenvalue weighted by Crippen LogP contribution is -2.44. The highest BCUT2D eigenvalue weighted by molar-refractivity contribution is 7.89. The summed E-state index contributed by atoms with van der Waals surface area (Å²) in [5, 5.41) is 0. The summed E-state index contributed by atoms with van der Waals surface area (Å²) in [6, 6.07) is 10.7. The Morgan fingerprint density at radius 3 is 2.50 bits per heavy atom. The molecule has 0 spiro atoms. The van der Waals surface area contributed by atoms with Crippen LogP contribution in [0.5, 0.6) is 0 Å². The fraction of sp³-hybridized carbons (Fsp3) is 0.267. The Morgan fingerprint density at radius 1 is 1.20 bits per heavy atom. The molecule has 1 aliphatic rings. The standard InChI is InChI=1S/C15H16N2O2S/c1-12-4-6-14(7-5-12)20(18,19)17-10-8-15(17)13-3-2-9-16-11-13/h2-7,9,11,15H,8,10H2,1H3. The number of aromatic nitrogens is 1. The van der Waals surface area contributed by atoms with Gasteiger partial charge in [-0.1, -0.05) is 23.8 Å². The Morgan fingerprint density at radius 2 is 1.95 bits per heavy atom. The van der Waals surface area contributed by atoms with Gasteiger partial charge in [-0.3, -0.25) is 4.98 Å². The van der Waals surface area contributed by atoms with Crippen LogP contribution in [0.15, 0.2) is 53.7 Å². The average Bonchev–Trinajstić information content (AvgIpc) is 2.38. The molecule has 104 valence electrons. The minimum absolute atomic E-state index is 0.0880. The molecular weight excluding hydrogens is 272 g/mol. The largest absolute Gasteiger partial charge is 0.264 e. The summed E-state index contributed by atoms with van der Waals surface area (Å²) < 4.78 is 26.8. The number of pyridine rings is 1. The lowest BCUT2D eigenvalue weighted by Gasteiger charge is -2.39. The minimum Gasteiger partial charge on any atom is -0.264 e. The summed E-state index contributed by atoms with van der Waals surface area (Å²) >= 11 is 0. The molecule has 1 aromatic carbocycles. The molecule has 0 saturated carbocycles. The molecule has 20 heavy (non-hydrogen) atoms. The molecule has 4 nitrogen and oxygen atoms in total. The van der Waals surface area contributed by atoms with Crippen LogP contribution in [0.3, 0.4) is 0 Å². The summed E-state index contributed by atoms with van der Waals surface area (Å²) in [4.78, 5) is 4.42. The fourth-order valence-electron chi connectivity index (χ4n) is 2.40. The first-order valence-electron chi connectivity index (χ1n) is 6.57. The lowest BCUT2D eigenvalue weighted by atomic mass is 10.00. The minimum atomic E-state index is -3.41. The molecule has 0 aliphatic carbocycles. The molecule has 2 aromatic rings. The topological polar surface area (TPSA) is 50.3 Å². The van der Waals surface area contributed by atoms with E-state index in [-0.39, 0.29) is 6.04 Å². The molecule has 0 amide bonds. The van der Waals surface area contributed by atoms with E-state index in [1.165, 1.54) is 0 Å². The maximum absolute atomic E-state index is 12.6. The number of aryl methyl sites for hydroxylation is 1. The van der Waals surface area contributed by atoms with Gasteiger partial charge in [-0.2, -0.15) is 4.31 Å². The van der Waals surface area contributed by atoms with Gasteiger partial charge in [-0.25, -0.2) is 8.42 Å². The van der Waals surface area contributed by atoms with Crippen molar-refractivity contribution >= 4 is 10.0 Å². The number of nitrogens with zero attached hydrogens (tertiary/aromatic N) is 2. The fourth-order valence-corrected chi connectivity index (χ4v) is 4.06. The third kappa shape index (κ3) is 2.23. The summed E-state index contributed by atoms with van der Waals surface area (Å²) in [6.45, 7) is 2.51. The predicted molar refractivity (Wildman–Crippen MR) is 76.7 cm³/mol. The molecule has 0 bridgehead atoms. The van der Waals surface area contributed by atoms with Crippen molar-refractivity contribution in [3.63, 3.8) is 0 Å².